The van der Waals surface area contributed by atoms with Crippen molar-refractivity contribution in [1.29, 1.82) is 0 Å². The topological polar surface area (TPSA) is 72.3 Å². The van der Waals surface area contributed by atoms with Crippen molar-refractivity contribution in [2.75, 3.05) is 0 Å². The van der Waals surface area contributed by atoms with E-state index in [0.29, 0.717) is 16.9 Å². The van der Waals surface area contributed by atoms with Crippen LogP contribution in [-0.2, 0) is 0 Å². The number of carboxylic acids is 1. The molecule has 6 heteroatoms. The molecule has 0 amide bonds. The lowest BCUT2D eigenvalue weighted by atomic mass is 10.2. The summed E-state index contributed by atoms with van der Waals surface area (Å²) >= 11 is 1.16. The van der Waals surface area contributed by atoms with E-state index in [1.54, 1.807) is 18.2 Å². The van der Waals surface area contributed by atoms with Crippen LogP contribution < -0.4 is 4.74 Å². The molecule has 0 saturated heterocycles. The number of carboxylic acid groups (broad SMARTS) is 1. The monoisotopic (exact) mass is 262 g/mol. The first-order valence-corrected chi connectivity index (χ1v) is 6.35. The molecule has 0 atom stereocenters. The van der Waals surface area contributed by atoms with Gasteiger partial charge >= 0.3 is 5.97 Å². The number of rotatable bonds is 4. The molecule has 0 spiro atoms. The molecular weight excluding hydrogens is 252 g/mol. The molecule has 0 radical (unpaired) electrons. The van der Waals surface area contributed by atoms with Crippen LogP contribution in [0.4, 0.5) is 0 Å². The van der Waals surface area contributed by atoms with Gasteiger partial charge in [-0.05, 0) is 25.0 Å². The summed E-state index contributed by atoms with van der Waals surface area (Å²) in [6, 6.07) is 6.50. The van der Waals surface area contributed by atoms with Crippen LogP contribution in [-0.4, -0.2) is 20.4 Å². The number of para-hydroxylation sites is 1. The van der Waals surface area contributed by atoms with E-state index >= 15 is 0 Å². The van der Waals surface area contributed by atoms with E-state index in [9.17, 15) is 4.79 Å². The molecule has 1 aromatic carbocycles. The quantitative estimate of drug-likeness (QED) is 0.917. The van der Waals surface area contributed by atoms with Gasteiger partial charge in [0.25, 0.3) is 5.19 Å². The fourth-order valence-corrected chi connectivity index (χ4v) is 2.22. The highest BCUT2D eigenvalue weighted by atomic mass is 32.1. The highest BCUT2D eigenvalue weighted by Gasteiger charge is 2.28. The van der Waals surface area contributed by atoms with Crippen molar-refractivity contribution in [2.45, 2.75) is 18.8 Å². The Kier molecular flexibility index (Phi) is 2.71. The lowest BCUT2D eigenvalue weighted by molar-refractivity contribution is 0.0694. The molecule has 3 rings (SSSR count). The second kappa shape index (κ2) is 4.38. The molecule has 1 N–H and O–H groups in total. The SMILES string of the molecule is O=C(O)c1ccccc1Oc1nc(C2CC2)ns1. The Morgan fingerprint density at radius 2 is 2.17 bits per heavy atom. The van der Waals surface area contributed by atoms with Gasteiger partial charge in [-0.1, -0.05) is 12.1 Å². The van der Waals surface area contributed by atoms with E-state index in [1.165, 1.54) is 6.07 Å². The zero-order valence-corrected chi connectivity index (χ0v) is 10.2. The standard InChI is InChI=1S/C12H10N2O3S/c15-11(16)8-3-1-2-4-9(8)17-12-13-10(14-18-12)7-5-6-7/h1-4,7H,5-6H2,(H,15,16). The van der Waals surface area contributed by atoms with Gasteiger partial charge in [0.1, 0.15) is 17.1 Å². The zero-order chi connectivity index (χ0) is 12.5. The van der Waals surface area contributed by atoms with E-state index in [1.807, 2.05) is 0 Å². The summed E-state index contributed by atoms with van der Waals surface area (Å²) < 4.78 is 9.70. The van der Waals surface area contributed by atoms with Crippen LogP contribution >= 0.6 is 11.5 Å². The van der Waals surface area contributed by atoms with Crippen molar-refractivity contribution in [2.24, 2.45) is 0 Å². The number of hydrogen-bond donors (Lipinski definition) is 1. The summed E-state index contributed by atoms with van der Waals surface area (Å²) in [5.41, 5.74) is 0.126. The van der Waals surface area contributed by atoms with Gasteiger partial charge in [-0.2, -0.15) is 9.36 Å². The van der Waals surface area contributed by atoms with Crippen molar-refractivity contribution < 1.29 is 14.6 Å². The molecule has 1 saturated carbocycles. The molecular formula is C12H10N2O3S. The van der Waals surface area contributed by atoms with E-state index < -0.39 is 5.97 Å². The molecule has 1 aliphatic carbocycles. The first-order chi connectivity index (χ1) is 8.74. The molecule has 1 fully saturated rings. The average molecular weight is 262 g/mol. The van der Waals surface area contributed by atoms with Crippen LogP contribution in [0.5, 0.6) is 10.9 Å². The number of nitrogens with zero attached hydrogens (tertiary/aromatic N) is 2. The maximum atomic E-state index is 11.0. The van der Waals surface area contributed by atoms with E-state index in [0.717, 1.165) is 30.2 Å². The third-order valence-electron chi connectivity index (χ3n) is 2.68. The van der Waals surface area contributed by atoms with Gasteiger partial charge in [-0.3, -0.25) is 0 Å². The Hall–Kier alpha value is -1.95. The zero-order valence-electron chi connectivity index (χ0n) is 9.37. The molecule has 1 aliphatic rings. The minimum Gasteiger partial charge on any atom is -0.478 e. The number of hydrogen-bond acceptors (Lipinski definition) is 5. The molecule has 18 heavy (non-hydrogen) atoms. The van der Waals surface area contributed by atoms with Crippen LogP contribution in [0, 0.1) is 0 Å². The van der Waals surface area contributed by atoms with Gasteiger partial charge in [-0.25, -0.2) is 4.79 Å². The lowest BCUT2D eigenvalue weighted by Gasteiger charge is -2.04. The molecule has 1 aromatic heterocycles. The van der Waals surface area contributed by atoms with Gasteiger partial charge in [0.2, 0.25) is 0 Å². The molecule has 0 unspecified atom stereocenters. The fraction of sp³-hybridized carbons (Fsp3) is 0.250. The van der Waals surface area contributed by atoms with Crippen LogP contribution in [0.25, 0.3) is 0 Å². The highest BCUT2D eigenvalue weighted by Crippen LogP contribution is 2.40. The van der Waals surface area contributed by atoms with Crippen LogP contribution in [0.3, 0.4) is 0 Å². The Morgan fingerprint density at radius 1 is 1.39 bits per heavy atom. The number of aromatic carboxylic acids is 1. The minimum absolute atomic E-state index is 0.126. The van der Waals surface area contributed by atoms with Crippen molar-refractivity contribution in [3.8, 4) is 10.9 Å². The van der Waals surface area contributed by atoms with Gasteiger partial charge in [0.05, 0.1) is 0 Å². The van der Waals surface area contributed by atoms with Crippen molar-refractivity contribution in [3.05, 3.63) is 35.7 Å². The van der Waals surface area contributed by atoms with E-state index in [2.05, 4.69) is 9.36 Å². The summed E-state index contributed by atoms with van der Waals surface area (Å²) in [5.74, 6) is 0.553. The van der Waals surface area contributed by atoms with Crippen LogP contribution in [0.15, 0.2) is 24.3 Å². The maximum absolute atomic E-state index is 11.0. The Balaban J connectivity index is 1.84. The molecule has 0 bridgehead atoms. The summed E-state index contributed by atoms with van der Waals surface area (Å²) in [6.07, 6.45) is 2.25. The van der Waals surface area contributed by atoms with Crippen molar-refractivity contribution in [1.82, 2.24) is 9.36 Å². The molecule has 92 valence electrons. The first kappa shape index (κ1) is 11.2. The molecule has 5 nitrogen and oxygen atoms in total. The summed E-state index contributed by atoms with van der Waals surface area (Å²) in [4.78, 5) is 15.3. The second-order valence-electron chi connectivity index (χ2n) is 4.10. The molecule has 0 aliphatic heterocycles. The van der Waals surface area contributed by atoms with Crippen molar-refractivity contribution >= 4 is 17.5 Å². The normalized spacial score (nSPS) is 14.4. The van der Waals surface area contributed by atoms with E-state index in [-0.39, 0.29) is 5.56 Å². The maximum Gasteiger partial charge on any atom is 0.339 e. The smallest absolute Gasteiger partial charge is 0.339 e. The molecule has 1 heterocycles. The number of benzene rings is 1. The van der Waals surface area contributed by atoms with Crippen LogP contribution in [0.2, 0.25) is 0 Å². The second-order valence-corrected chi connectivity index (χ2v) is 4.81. The first-order valence-electron chi connectivity index (χ1n) is 5.58. The third kappa shape index (κ3) is 2.19. The summed E-state index contributed by atoms with van der Waals surface area (Å²) in [6.45, 7) is 0. The summed E-state index contributed by atoms with van der Waals surface area (Å²) in [7, 11) is 0. The average Bonchev–Trinajstić information content (AvgIpc) is 3.11. The minimum atomic E-state index is -1.02. The Bertz CT molecular complexity index is 593. The van der Waals surface area contributed by atoms with Crippen molar-refractivity contribution in [3.63, 3.8) is 0 Å². The summed E-state index contributed by atoms with van der Waals surface area (Å²) in [5, 5.41) is 9.43. The Morgan fingerprint density at radius 3 is 2.89 bits per heavy atom. The van der Waals surface area contributed by atoms with Gasteiger partial charge in [-0.15, -0.1) is 0 Å². The highest BCUT2D eigenvalue weighted by molar-refractivity contribution is 7.07. The van der Waals surface area contributed by atoms with Gasteiger partial charge < -0.3 is 9.84 Å². The third-order valence-corrected chi connectivity index (χ3v) is 3.29. The number of aromatic nitrogens is 2. The predicted octanol–water partition coefficient (Wildman–Crippen LogP) is 2.91. The number of carbonyl (C=O) groups is 1. The van der Waals surface area contributed by atoms with E-state index in [4.69, 9.17) is 9.84 Å². The fourth-order valence-electron chi connectivity index (χ4n) is 1.60. The van der Waals surface area contributed by atoms with Gasteiger partial charge in [0, 0.05) is 17.5 Å². The lowest BCUT2D eigenvalue weighted by Crippen LogP contribution is -1.99. The predicted molar refractivity (Wildman–Crippen MR) is 65.4 cm³/mol. The van der Waals surface area contributed by atoms with Gasteiger partial charge in [0.15, 0.2) is 0 Å². The Labute approximate surface area is 107 Å². The number of ether oxygens (including phenoxy) is 1. The van der Waals surface area contributed by atoms with Crippen LogP contribution in [0.1, 0.15) is 34.9 Å². The molecule has 2 aromatic rings. The largest absolute Gasteiger partial charge is 0.478 e.